The lowest BCUT2D eigenvalue weighted by Gasteiger charge is -2.20. The van der Waals surface area contributed by atoms with Gasteiger partial charge in [0, 0.05) is 18.9 Å². The molecule has 1 heterocycles. The molecule has 1 amide bonds. The van der Waals surface area contributed by atoms with Crippen LogP contribution in [-0.4, -0.2) is 31.7 Å². The highest BCUT2D eigenvalue weighted by atomic mass is 35.5. The molecule has 0 aliphatic heterocycles. The maximum absolute atomic E-state index is 13.2. The van der Waals surface area contributed by atoms with Crippen LogP contribution in [0.25, 0.3) is 0 Å². The summed E-state index contributed by atoms with van der Waals surface area (Å²) in [4.78, 5) is 15.7. The Morgan fingerprint density at radius 3 is 2.67 bits per heavy atom. The summed E-state index contributed by atoms with van der Waals surface area (Å²) in [5.41, 5.74) is 2.04. The van der Waals surface area contributed by atoms with Crippen molar-refractivity contribution in [3.05, 3.63) is 59.4 Å². The summed E-state index contributed by atoms with van der Waals surface area (Å²) in [6, 6.07) is 8.65. The van der Waals surface area contributed by atoms with Crippen molar-refractivity contribution in [2.45, 2.75) is 24.0 Å². The van der Waals surface area contributed by atoms with Crippen molar-refractivity contribution >= 4 is 27.3 Å². The van der Waals surface area contributed by atoms with E-state index in [9.17, 15) is 13.2 Å². The van der Waals surface area contributed by atoms with Crippen molar-refractivity contribution in [3.8, 4) is 0 Å². The predicted octanol–water partition coefficient (Wildman–Crippen LogP) is 2.57. The minimum atomic E-state index is -3.71. The molecule has 0 saturated carbocycles. The maximum atomic E-state index is 13.2. The summed E-state index contributed by atoms with van der Waals surface area (Å²) < 4.78 is 26.4. The zero-order chi connectivity index (χ0) is 17.7. The molecule has 0 aliphatic rings. The van der Waals surface area contributed by atoms with E-state index >= 15 is 0 Å². The van der Waals surface area contributed by atoms with Crippen LogP contribution in [0.1, 0.15) is 21.9 Å². The maximum Gasteiger partial charge on any atom is 0.234 e. The molecule has 2 rings (SSSR count). The van der Waals surface area contributed by atoms with E-state index in [1.54, 1.807) is 37.4 Å². The Balaban J connectivity index is 2.48. The topological polar surface area (TPSA) is 76.1 Å². The number of nitrogens with zero attached hydrogens (tertiary/aromatic N) is 1. The number of hydrogen-bond donors (Lipinski definition) is 1. The van der Waals surface area contributed by atoms with E-state index in [1.807, 2.05) is 13.0 Å². The summed E-state index contributed by atoms with van der Waals surface area (Å²) in [6.07, 6.45) is 3.07. The Morgan fingerprint density at radius 1 is 1.29 bits per heavy atom. The molecule has 1 N–H and O–H groups in total. The van der Waals surface area contributed by atoms with Gasteiger partial charge in [-0.1, -0.05) is 18.2 Å². The fraction of sp³-hybridized carbons (Fsp3) is 0.294. The number of benzene rings is 1. The Kier molecular flexibility index (Phi) is 5.96. The zero-order valence-electron chi connectivity index (χ0n) is 13.5. The Labute approximate surface area is 147 Å². The number of alkyl halides is 1. The second-order valence-electron chi connectivity index (χ2n) is 5.53. The van der Waals surface area contributed by atoms with Gasteiger partial charge in [0.1, 0.15) is 11.1 Å². The van der Waals surface area contributed by atoms with Crippen molar-refractivity contribution in [2.24, 2.45) is 0 Å². The summed E-state index contributed by atoms with van der Waals surface area (Å²) in [6.45, 7) is 3.53. The fourth-order valence-corrected chi connectivity index (χ4v) is 4.46. The number of amides is 1. The lowest BCUT2D eigenvalue weighted by Crippen LogP contribution is -2.32. The standard InChI is InChI=1S/C17H19ClN2O3S/c1-12-5-6-13(2)15(8-12)24(22,23)16(11-20-17(21)9-18)14-4-3-7-19-10-14/h3-8,10,16H,9,11H2,1-2H3,(H,20,21)/t16-/m0/s1. The average molecular weight is 367 g/mol. The van der Waals surface area contributed by atoms with Crippen LogP contribution in [-0.2, 0) is 14.6 Å². The van der Waals surface area contributed by atoms with Gasteiger partial charge in [-0.2, -0.15) is 0 Å². The van der Waals surface area contributed by atoms with Crippen molar-refractivity contribution < 1.29 is 13.2 Å². The van der Waals surface area contributed by atoms with E-state index in [2.05, 4.69) is 10.3 Å². The molecule has 1 aromatic carbocycles. The number of halogens is 1. The second-order valence-corrected chi connectivity index (χ2v) is 7.89. The fourth-order valence-electron chi connectivity index (χ4n) is 2.39. The lowest BCUT2D eigenvalue weighted by atomic mass is 10.2. The first-order chi connectivity index (χ1) is 11.4. The molecule has 0 saturated heterocycles. The first-order valence-electron chi connectivity index (χ1n) is 7.40. The summed E-state index contributed by atoms with van der Waals surface area (Å²) in [7, 11) is -3.71. The van der Waals surface area contributed by atoms with Crippen LogP contribution >= 0.6 is 11.6 Å². The van der Waals surface area contributed by atoms with Gasteiger partial charge in [0.2, 0.25) is 5.91 Å². The van der Waals surface area contributed by atoms with Crippen LogP contribution in [0.2, 0.25) is 0 Å². The second kappa shape index (κ2) is 7.77. The Hall–Kier alpha value is -1.92. The zero-order valence-corrected chi connectivity index (χ0v) is 15.1. The van der Waals surface area contributed by atoms with E-state index in [0.717, 1.165) is 5.56 Å². The minimum Gasteiger partial charge on any atom is -0.353 e. The number of hydrogen-bond acceptors (Lipinski definition) is 4. The SMILES string of the molecule is Cc1ccc(C)c(S(=O)(=O)[C@@H](CNC(=O)CCl)c2cccnc2)c1. The van der Waals surface area contributed by atoms with Crippen LogP contribution in [0.3, 0.4) is 0 Å². The van der Waals surface area contributed by atoms with Crippen molar-refractivity contribution in [2.75, 3.05) is 12.4 Å². The molecule has 5 nitrogen and oxygen atoms in total. The highest BCUT2D eigenvalue weighted by Crippen LogP contribution is 2.30. The molecule has 0 radical (unpaired) electrons. The third-order valence-corrected chi connectivity index (χ3v) is 6.17. The van der Waals surface area contributed by atoms with E-state index in [0.29, 0.717) is 11.1 Å². The van der Waals surface area contributed by atoms with Gasteiger partial charge in [0.05, 0.1) is 4.90 Å². The molecular weight excluding hydrogens is 348 g/mol. The van der Waals surface area contributed by atoms with Gasteiger partial charge in [-0.25, -0.2) is 8.42 Å². The van der Waals surface area contributed by atoms with Crippen LogP contribution in [0, 0.1) is 13.8 Å². The molecule has 0 fully saturated rings. The lowest BCUT2D eigenvalue weighted by molar-refractivity contribution is -0.118. The Bertz CT molecular complexity index is 823. The van der Waals surface area contributed by atoms with Gasteiger partial charge in [0.15, 0.2) is 9.84 Å². The first-order valence-corrected chi connectivity index (χ1v) is 9.48. The number of aryl methyl sites for hydroxylation is 2. The van der Waals surface area contributed by atoms with Crippen LogP contribution < -0.4 is 5.32 Å². The summed E-state index contributed by atoms with van der Waals surface area (Å²) in [5.74, 6) is -0.634. The van der Waals surface area contributed by atoms with Crippen LogP contribution in [0.4, 0.5) is 0 Å². The molecule has 7 heteroatoms. The third-order valence-electron chi connectivity index (χ3n) is 3.69. The normalized spacial score (nSPS) is 12.6. The van der Waals surface area contributed by atoms with Gasteiger partial charge in [-0.3, -0.25) is 9.78 Å². The largest absolute Gasteiger partial charge is 0.353 e. The van der Waals surface area contributed by atoms with E-state index in [-0.39, 0.29) is 17.3 Å². The highest BCUT2D eigenvalue weighted by Gasteiger charge is 2.31. The van der Waals surface area contributed by atoms with Crippen LogP contribution in [0.5, 0.6) is 0 Å². The quantitative estimate of drug-likeness (QED) is 0.797. The number of aromatic nitrogens is 1. The summed E-state index contributed by atoms with van der Waals surface area (Å²) in [5, 5.41) is 1.63. The van der Waals surface area contributed by atoms with Crippen molar-refractivity contribution in [3.63, 3.8) is 0 Å². The average Bonchev–Trinajstić information content (AvgIpc) is 2.57. The number of pyridine rings is 1. The molecule has 24 heavy (non-hydrogen) atoms. The summed E-state index contributed by atoms with van der Waals surface area (Å²) >= 11 is 5.48. The molecule has 0 bridgehead atoms. The molecule has 0 unspecified atom stereocenters. The number of rotatable bonds is 6. The van der Waals surface area contributed by atoms with E-state index in [1.165, 1.54) is 6.20 Å². The molecule has 0 aliphatic carbocycles. The van der Waals surface area contributed by atoms with Gasteiger partial charge in [0.25, 0.3) is 0 Å². The van der Waals surface area contributed by atoms with Crippen molar-refractivity contribution in [1.82, 2.24) is 10.3 Å². The molecule has 1 atom stereocenters. The molecular formula is C17H19ClN2O3S. The minimum absolute atomic E-state index is 0.0625. The molecule has 2 aromatic rings. The first kappa shape index (κ1) is 18.4. The van der Waals surface area contributed by atoms with Gasteiger partial charge in [-0.15, -0.1) is 11.6 Å². The highest BCUT2D eigenvalue weighted by molar-refractivity contribution is 7.91. The van der Waals surface area contributed by atoms with Gasteiger partial charge in [-0.05, 0) is 42.7 Å². The monoisotopic (exact) mass is 366 g/mol. The number of carbonyl (C=O) groups is 1. The Morgan fingerprint density at radius 2 is 2.04 bits per heavy atom. The smallest absolute Gasteiger partial charge is 0.234 e. The molecule has 128 valence electrons. The van der Waals surface area contributed by atoms with E-state index < -0.39 is 21.0 Å². The van der Waals surface area contributed by atoms with Crippen LogP contribution in [0.15, 0.2) is 47.6 Å². The van der Waals surface area contributed by atoms with E-state index in [4.69, 9.17) is 11.6 Å². The molecule has 0 spiro atoms. The third kappa shape index (κ3) is 4.13. The predicted molar refractivity (Wildman–Crippen MR) is 93.8 cm³/mol. The number of carbonyl (C=O) groups excluding carboxylic acids is 1. The number of nitrogens with one attached hydrogen (secondary N) is 1. The van der Waals surface area contributed by atoms with Gasteiger partial charge < -0.3 is 5.32 Å². The molecule has 1 aromatic heterocycles. The van der Waals surface area contributed by atoms with Gasteiger partial charge >= 0.3 is 0 Å². The number of sulfone groups is 1. The van der Waals surface area contributed by atoms with Crippen molar-refractivity contribution in [1.29, 1.82) is 0 Å².